The van der Waals surface area contributed by atoms with Gasteiger partial charge in [-0.1, -0.05) is 32.9 Å². The van der Waals surface area contributed by atoms with Gasteiger partial charge in [0, 0.05) is 9.41 Å². The summed E-state index contributed by atoms with van der Waals surface area (Å²) < 4.78 is 1.43. The maximum atomic E-state index is 4.23. The summed E-state index contributed by atoms with van der Waals surface area (Å²) in [6, 6.07) is 0. The Morgan fingerprint density at radius 3 is 2.50 bits per heavy atom. The molecule has 0 N–H and O–H groups in total. The predicted molar refractivity (Wildman–Crippen MR) is 76.4 cm³/mol. The van der Waals surface area contributed by atoms with Crippen molar-refractivity contribution in [3.8, 4) is 0 Å². The standard InChI is InChI=1S/C15H24S/c1-7-11(4)15-13(6)12(5)14(16-15)9-8-10(2)3/h10H,6-9H2,1-5H3/b15-11+. The van der Waals surface area contributed by atoms with Crippen LogP contribution in [0.1, 0.15) is 51.0 Å². The lowest BCUT2D eigenvalue weighted by Crippen LogP contribution is -2.20. The van der Waals surface area contributed by atoms with E-state index in [9.17, 15) is 0 Å². The first-order chi connectivity index (χ1) is 7.47. The Morgan fingerprint density at radius 1 is 1.38 bits per heavy atom. The first-order valence-corrected chi connectivity index (χ1v) is 7.06. The lowest BCUT2D eigenvalue weighted by Gasteiger charge is -2.02. The molecule has 1 heteroatoms. The molecule has 0 aromatic carbocycles. The molecule has 0 radical (unpaired) electrons. The highest BCUT2D eigenvalue weighted by Gasteiger charge is 2.06. The Morgan fingerprint density at radius 2 is 2.00 bits per heavy atom. The van der Waals surface area contributed by atoms with Crippen LogP contribution < -0.4 is 9.75 Å². The molecule has 0 bridgehead atoms. The van der Waals surface area contributed by atoms with E-state index in [1.54, 1.807) is 4.88 Å². The van der Waals surface area contributed by atoms with Crippen molar-refractivity contribution in [3.63, 3.8) is 0 Å². The second-order valence-corrected chi connectivity index (χ2v) is 6.13. The minimum absolute atomic E-state index is 0.787. The predicted octanol–water partition coefficient (Wildman–Crippen LogP) is 3.64. The van der Waals surface area contributed by atoms with E-state index in [2.05, 4.69) is 41.2 Å². The maximum Gasteiger partial charge on any atom is 0.0331 e. The first kappa shape index (κ1) is 13.5. The summed E-state index contributed by atoms with van der Waals surface area (Å²) in [6.07, 6.45) is 3.63. The molecule has 0 amide bonds. The molecule has 0 aliphatic carbocycles. The number of hydrogen-bond acceptors (Lipinski definition) is 1. The van der Waals surface area contributed by atoms with E-state index in [0.29, 0.717) is 0 Å². The minimum atomic E-state index is 0.787. The number of aryl methyl sites for hydroxylation is 1. The molecule has 0 unspecified atom stereocenters. The molecule has 1 heterocycles. The molecule has 0 spiro atoms. The Balaban J connectivity index is 3.11. The summed E-state index contributed by atoms with van der Waals surface area (Å²) in [7, 11) is 0. The van der Waals surface area contributed by atoms with Gasteiger partial charge >= 0.3 is 0 Å². The summed E-state index contributed by atoms with van der Waals surface area (Å²) in [4.78, 5) is 1.54. The van der Waals surface area contributed by atoms with Crippen molar-refractivity contribution < 1.29 is 0 Å². The fourth-order valence-corrected chi connectivity index (χ4v) is 3.10. The molecule has 0 fully saturated rings. The van der Waals surface area contributed by atoms with Crippen LogP contribution in [-0.2, 0) is 6.42 Å². The minimum Gasteiger partial charge on any atom is -0.140 e. The molecule has 1 rings (SSSR count). The lowest BCUT2D eigenvalue weighted by molar-refractivity contribution is 0.589. The number of hydrogen-bond donors (Lipinski definition) is 0. The quantitative estimate of drug-likeness (QED) is 0.749. The molecular weight excluding hydrogens is 212 g/mol. The van der Waals surface area contributed by atoms with Gasteiger partial charge in [-0.25, -0.2) is 0 Å². The van der Waals surface area contributed by atoms with Gasteiger partial charge in [-0.2, -0.15) is 0 Å². The van der Waals surface area contributed by atoms with Crippen LogP contribution in [0.15, 0.2) is 0 Å². The summed E-state index contributed by atoms with van der Waals surface area (Å²) in [5.74, 6) is 0.787. The Labute approximate surface area is 104 Å². The zero-order valence-electron chi connectivity index (χ0n) is 11.3. The van der Waals surface area contributed by atoms with Crippen LogP contribution in [-0.4, -0.2) is 0 Å². The topological polar surface area (TPSA) is 0 Å². The summed E-state index contributed by atoms with van der Waals surface area (Å²) in [6.45, 7) is 15.5. The van der Waals surface area contributed by atoms with Gasteiger partial charge < -0.3 is 0 Å². The monoisotopic (exact) mass is 236 g/mol. The third-order valence-electron chi connectivity index (χ3n) is 3.24. The maximum absolute atomic E-state index is 4.23. The van der Waals surface area contributed by atoms with Crippen LogP contribution in [0.25, 0.3) is 12.2 Å². The van der Waals surface area contributed by atoms with Crippen LogP contribution in [0.3, 0.4) is 0 Å². The van der Waals surface area contributed by atoms with Crippen molar-refractivity contribution in [1.29, 1.82) is 0 Å². The van der Waals surface area contributed by atoms with Crippen molar-refractivity contribution >= 4 is 23.5 Å². The molecular formula is C15H24S. The Kier molecular flexibility index (Phi) is 4.79. The third-order valence-corrected chi connectivity index (χ3v) is 4.79. The number of rotatable bonds is 4. The van der Waals surface area contributed by atoms with Gasteiger partial charge in [0.15, 0.2) is 0 Å². The fourth-order valence-electron chi connectivity index (χ4n) is 1.76. The van der Waals surface area contributed by atoms with Crippen molar-refractivity contribution in [1.82, 2.24) is 0 Å². The fraction of sp³-hybridized carbons (Fsp3) is 0.600. The molecule has 0 saturated heterocycles. The van der Waals surface area contributed by atoms with Crippen LogP contribution in [0.2, 0.25) is 0 Å². The van der Waals surface area contributed by atoms with E-state index >= 15 is 0 Å². The normalized spacial score (nSPS) is 13.4. The third kappa shape index (κ3) is 2.98. The van der Waals surface area contributed by atoms with Crippen molar-refractivity contribution in [2.75, 3.05) is 0 Å². The summed E-state index contributed by atoms with van der Waals surface area (Å²) in [5, 5.41) is 1.27. The van der Waals surface area contributed by atoms with Crippen LogP contribution in [0.5, 0.6) is 0 Å². The highest BCUT2D eigenvalue weighted by atomic mass is 32.1. The van der Waals surface area contributed by atoms with Crippen molar-refractivity contribution in [3.05, 3.63) is 20.2 Å². The molecule has 0 nitrogen and oxygen atoms in total. The van der Waals surface area contributed by atoms with Crippen LogP contribution in [0.4, 0.5) is 0 Å². The SMILES string of the molecule is C=c1c(C)c(CCC(C)C)s/c1=C(\C)CC. The molecule has 1 aromatic rings. The van der Waals surface area contributed by atoms with Crippen molar-refractivity contribution in [2.24, 2.45) is 5.92 Å². The van der Waals surface area contributed by atoms with Gasteiger partial charge in [0.25, 0.3) is 0 Å². The largest absolute Gasteiger partial charge is 0.140 e. The lowest BCUT2D eigenvalue weighted by atomic mass is 10.1. The van der Waals surface area contributed by atoms with Crippen LogP contribution in [0, 0.1) is 12.8 Å². The molecule has 0 aliphatic heterocycles. The van der Waals surface area contributed by atoms with E-state index in [1.807, 2.05) is 11.3 Å². The van der Waals surface area contributed by atoms with Gasteiger partial charge in [-0.3, -0.25) is 0 Å². The van der Waals surface area contributed by atoms with Crippen molar-refractivity contribution in [2.45, 2.75) is 53.9 Å². The van der Waals surface area contributed by atoms with Gasteiger partial charge in [-0.15, -0.1) is 11.3 Å². The van der Waals surface area contributed by atoms with Gasteiger partial charge in [0.2, 0.25) is 0 Å². The van der Waals surface area contributed by atoms with E-state index in [0.717, 1.165) is 12.3 Å². The Hall–Kier alpha value is -0.560. The zero-order chi connectivity index (χ0) is 12.3. The Bertz CT molecular complexity index is 449. The highest BCUT2D eigenvalue weighted by Crippen LogP contribution is 2.14. The molecule has 90 valence electrons. The van der Waals surface area contributed by atoms with Gasteiger partial charge in [-0.05, 0) is 49.8 Å². The summed E-state index contributed by atoms with van der Waals surface area (Å²) >= 11 is 1.96. The van der Waals surface area contributed by atoms with E-state index < -0.39 is 0 Å². The average molecular weight is 236 g/mol. The molecule has 0 saturated carbocycles. The van der Waals surface area contributed by atoms with Crippen LogP contribution >= 0.6 is 11.3 Å². The summed E-state index contributed by atoms with van der Waals surface area (Å²) in [5.41, 5.74) is 2.90. The van der Waals surface area contributed by atoms with Gasteiger partial charge in [0.05, 0.1) is 0 Å². The molecule has 0 atom stereocenters. The average Bonchev–Trinajstić information content (AvgIpc) is 2.52. The van der Waals surface area contributed by atoms with E-state index in [4.69, 9.17) is 0 Å². The first-order valence-electron chi connectivity index (χ1n) is 6.24. The second kappa shape index (κ2) is 5.67. The molecule has 0 aliphatic rings. The van der Waals surface area contributed by atoms with E-state index in [-0.39, 0.29) is 0 Å². The van der Waals surface area contributed by atoms with E-state index in [1.165, 1.54) is 33.7 Å². The number of thiophene rings is 1. The second-order valence-electron chi connectivity index (χ2n) is 5.02. The smallest absolute Gasteiger partial charge is 0.0331 e. The zero-order valence-corrected chi connectivity index (χ0v) is 12.1. The molecule has 16 heavy (non-hydrogen) atoms. The molecule has 1 aromatic heterocycles. The highest BCUT2D eigenvalue weighted by molar-refractivity contribution is 7.10. The van der Waals surface area contributed by atoms with Gasteiger partial charge in [0.1, 0.15) is 0 Å².